The number of hydrogen-bond acceptors (Lipinski definition) is 3. The summed E-state index contributed by atoms with van der Waals surface area (Å²) in [6.45, 7) is 3.64. The van der Waals surface area contributed by atoms with E-state index in [1.54, 1.807) is 25.1 Å². The number of nitrogens with zero attached hydrogens (tertiary/aromatic N) is 1. The summed E-state index contributed by atoms with van der Waals surface area (Å²) in [7, 11) is 0. The van der Waals surface area contributed by atoms with Gasteiger partial charge in [0.05, 0.1) is 29.4 Å². The summed E-state index contributed by atoms with van der Waals surface area (Å²) in [6.07, 6.45) is -4.56. The second kappa shape index (κ2) is 10.1. The number of carbonyl (C=O) groups excluding carboxylic acids is 2. The highest BCUT2D eigenvalue weighted by Gasteiger charge is 2.31. The fraction of sp³-hybridized carbons (Fsp3) is 0.300. The molecule has 0 saturated carbocycles. The SMILES string of the molecule is CCN(CC(=O)Nc1cc(Cl)ccc1C)CC(=O)Nc1cc(C(F)(F)F)ccc1Cl. The van der Waals surface area contributed by atoms with Crippen LogP contribution in [-0.4, -0.2) is 36.3 Å². The van der Waals surface area contributed by atoms with E-state index in [2.05, 4.69) is 10.6 Å². The highest BCUT2D eigenvalue weighted by atomic mass is 35.5. The van der Waals surface area contributed by atoms with Crippen molar-refractivity contribution in [1.82, 2.24) is 4.90 Å². The molecule has 0 radical (unpaired) electrons. The Labute approximate surface area is 182 Å². The molecule has 2 rings (SSSR count). The maximum absolute atomic E-state index is 12.9. The largest absolute Gasteiger partial charge is 0.416 e. The molecule has 0 aliphatic heterocycles. The number of alkyl halides is 3. The van der Waals surface area contributed by atoms with E-state index in [0.29, 0.717) is 17.3 Å². The predicted octanol–water partition coefficient (Wildman–Crippen LogP) is 5.22. The van der Waals surface area contributed by atoms with Crippen LogP contribution in [-0.2, 0) is 15.8 Å². The molecule has 0 atom stereocenters. The Morgan fingerprint density at radius 3 is 2.13 bits per heavy atom. The zero-order valence-electron chi connectivity index (χ0n) is 16.2. The fourth-order valence-electron chi connectivity index (χ4n) is 2.59. The maximum atomic E-state index is 12.9. The molecule has 0 heterocycles. The summed E-state index contributed by atoms with van der Waals surface area (Å²) < 4.78 is 38.6. The molecule has 30 heavy (non-hydrogen) atoms. The summed E-state index contributed by atoms with van der Waals surface area (Å²) >= 11 is 11.8. The maximum Gasteiger partial charge on any atom is 0.416 e. The highest BCUT2D eigenvalue weighted by molar-refractivity contribution is 6.33. The Morgan fingerprint density at radius 2 is 1.57 bits per heavy atom. The van der Waals surface area contributed by atoms with Crippen LogP contribution in [0.3, 0.4) is 0 Å². The van der Waals surface area contributed by atoms with Crippen molar-refractivity contribution in [3.8, 4) is 0 Å². The lowest BCUT2D eigenvalue weighted by atomic mass is 10.2. The fourth-order valence-corrected chi connectivity index (χ4v) is 2.93. The van der Waals surface area contributed by atoms with Crippen molar-refractivity contribution in [2.24, 2.45) is 0 Å². The molecule has 0 unspecified atom stereocenters. The molecular formula is C20H20Cl2F3N3O2. The van der Waals surface area contributed by atoms with Gasteiger partial charge in [-0.25, -0.2) is 0 Å². The van der Waals surface area contributed by atoms with Crippen molar-refractivity contribution >= 4 is 46.4 Å². The monoisotopic (exact) mass is 461 g/mol. The molecule has 0 aliphatic rings. The van der Waals surface area contributed by atoms with Crippen LogP contribution in [0.5, 0.6) is 0 Å². The van der Waals surface area contributed by atoms with E-state index >= 15 is 0 Å². The summed E-state index contributed by atoms with van der Waals surface area (Å²) in [5.74, 6) is -0.947. The average Bonchev–Trinajstić information content (AvgIpc) is 2.65. The molecule has 5 nitrogen and oxygen atoms in total. The number of rotatable bonds is 7. The van der Waals surface area contributed by atoms with Crippen molar-refractivity contribution < 1.29 is 22.8 Å². The van der Waals surface area contributed by atoms with Crippen molar-refractivity contribution in [3.63, 3.8) is 0 Å². The van der Waals surface area contributed by atoms with Gasteiger partial charge in [-0.1, -0.05) is 36.2 Å². The van der Waals surface area contributed by atoms with Gasteiger partial charge in [0.25, 0.3) is 0 Å². The first-order valence-electron chi connectivity index (χ1n) is 8.94. The lowest BCUT2D eigenvalue weighted by Crippen LogP contribution is -2.38. The summed E-state index contributed by atoms with van der Waals surface area (Å²) in [5, 5.41) is 5.55. The van der Waals surface area contributed by atoms with Gasteiger partial charge in [0.15, 0.2) is 0 Å². The molecule has 0 aliphatic carbocycles. The molecule has 0 saturated heterocycles. The summed E-state index contributed by atoms with van der Waals surface area (Å²) in [5.41, 5.74) is 0.314. The number of halogens is 5. The van der Waals surface area contributed by atoms with E-state index < -0.39 is 17.6 Å². The van der Waals surface area contributed by atoms with Crippen LogP contribution in [0, 0.1) is 6.92 Å². The third-order valence-electron chi connectivity index (χ3n) is 4.22. The van der Waals surface area contributed by atoms with E-state index in [1.165, 1.54) is 4.90 Å². The van der Waals surface area contributed by atoms with Gasteiger partial charge in [-0.15, -0.1) is 0 Å². The van der Waals surface area contributed by atoms with Crippen LogP contribution in [0.2, 0.25) is 10.0 Å². The van der Waals surface area contributed by atoms with Gasteiger partial charge in [0.2, 0.25) is 11.8 Å². The van der Waals surface area contributed by atoms with Crippen molar-refractivity contribution in [2.45, 2.75) is 20.0 Å². The van der Waals surface area contributed by atoms with Gasteiger partial charge in [-0.2, -0.15) is 13.2 Å². The molecule has 0 fully saturated rings. The van der Waals surface area contributed by atoms with Crippen LogP contribution in [0.15, 0.2) is 36.4 Å². The van der Waals surface area contributed by atoms with Gasteiger partial charge < -0.3 is 10.6 Å². The van der Waals surface area contributed by atoms with Gasteiger partial charge in [-0.3, -0.25) is 14.5 Å². The Hall–Kier alpha value is -2.29. The van der Waals surface area contributed by atoms with Crippen molar-refractivity contribution in [1.29, 1.82) is 0 Å². The van der Waals surface area contributed by atoms with E-state index in [1.807, 2.05) is 6.92 Å². The topological polar surface area (TPSA) is 61.4 Å². The molecule has 0 spiro atoms. The zero-order chi connectivity index (χ0) is 22.5. The minimum Gasteiger partial charge on any atom is -0.325 e. The van der Waals surface area contributed by atoms with Crippen LogP contribution >= 0.6 is 23.2 Å². The number of nitrogens with one attached hydrogen (secondary N) is 2. The van der Waals surface area contributed by atoms with E-state index in [-0.39, 0.29) is 29.7 Å². The minimum absolute atomic E-state index is 0.0198. The lowest BCUT2D eigenvalue weighted by Gasteiger charge is -2.20. The Kier molecular flexibility index (Phi) is 8.11. The Bertz CT molecular complexity index is 936. The second-order valence-electron chi connectivity index (χ2n) is 6.55. The Morgan fingerprint density at radius 1 is 0.967 bits per heavy atom. The van der Waals surface area contributed by atoms with Crippen LogP contribution in [0.25, 0.3) is 0 Å². The molecule has 2 aromatic carbocycles. The number of hydrogen-bond donors (Lipinski definition) is 2. The zero-order valence-corrected chi connectivity index (χ0v) is 17.8. The van der Waals surface area contributed by atoms with E-state index in [9.17, 15) is 22.8 Å². The van der Waals surface area contributed by atoms with Gasteiger partial charge in [-0.05, 0) is 49.4 Å². The van der Waals surface area contributed by atoms with E-state index in [0.717, 1.165) is 23.8 Å². The van der Waals surface area contributed by atoms with Crippen LogP contribution in [0.4, 0.5) is 24.5 Å². The number of carbonyl (C=O) groups is 2. The number of likely N-dealkylation sites (N-methyl/N-ethyl adjacent to an activating group) is 1. The first-order valence-corrected chi connectivity index (χ1v) is 9.70. The standard InChI is InChI=1S/C20H20Cl2F3N3O2/c1-3-28(10-18(29)26-16-9-14(21)6-4-12(16)2)11-19(30)27-17-8-13(20(23,24)25)5-7-15(17)22/h4-9H,3,10-11H2,1-2H3,(H,26,29)(H,27,30). The van der Waals surface area contributed by atoms with Crippen LogP contribution in [0.1, 0.15) is 18.1 Å². The smallest absolute Gasteiger partial charge is 0.325 e. The summed E-state index contributed by atoms with van der Waals surface area (Å²) in [4.78, 5) is 26.1. The molecular weight excluding hydrogens is 442 g/mol. The van der Waals surface area contributed by atoms with Gasteiger partial charge in [0, 0.05) is 10.7 Å². The van der Waals surface area contributed by atoms with E-state index in [4.69, 9.17) is 23.2 Å². The highest BCUT2D eigenvalue weighted by Crippen LogP contribution is 2.33. The lowest BCUT2D eigenvalue weighted by molar-refractivity contribution is -0.137. The van der Waals surface area contributed by atoms with Gasteiger partial charge in [0.1, 0.15) is 0 Å². The number of anilines is 2. The number of benzene rings is 2. The molecule has 10 heteroatoms. The van der Waals surface area contributed by atoms with Crippen molar-refractivity contribution in [3.05, 3.63) is 57.6 Å². The average molecular weight is 462 g/mol. The van der Waals surface area contributed by atoms with Crippen LogP contribution < -0.4 is 10.6 Å². The first-order chi connectivity index (χ1) is 14.0. The molecule has 2 amide bonds. The van der Waals surface area contributed by atoms with Crippen molar-refractivity contribution in [2.75, 3.05) is 30.3 Å². The third kappa shape index (κ3) is 6.90. The Balaban J connectivity index is 1.99. The third-order valence-corrected chi connectivity index (χ3v) is 4.79. The predicted molar refractivity (Wildman–Crippen MR) is 112 cm³/mol. The number of amides is 2. The molecule has 0 bridgehead atoms. The minimum atomic E-state index is -4.56. The summed E-state index contributed by atoms with van der Waals surface area (Å²) in [6, 6.07) is 7.76. The molecule has 0 aromatic heterocycles. The quantitative estimate of drug-likeness (QED) is 0.593. The number of aryl methyl sites for hydroxylation is 1. The van der Waals surface area contributed by atoms with Gasteiger partial charge >= 0.3 is 6.18 Å². The first kappa shape index (κ1) is 24.0. The second-order valence-corrected chi connectivity index (χ2v) is 7.39. The molecule has 2 N–H and O–H groups in total. The normalized spacial score (nSPS) is 11.5. The molecule has 2 aromatic rings. The molecule has 162 valence electrons.